The fraction of sp³-hybridized carbons (Fsp3) is 0.500. The van der Waals surface area contributed by atoms with Crippen molar-refractivity contribution in [3.8, 4) is 0 Å². The Morgan fingerprint density at radius 1 is 1.11 bits per heavy atom. The highest BCUT2D eigenvalue weighted by atomic mass is 127. The molecular weight excluding hydrogens is 453 g/mol. The van der Waals surface area contributed by atoms with Gasteiger partial charge in [0.25, 0.3) is 0 Å². The Labute approximate surface area is 179 Å². The molecule has 0 amide bonds. The molecule has 0 radical (unpaired) electrons. The van der Waals surface area contributed by atoms with Gasteiger partial charge in [-0.05, 0) is 30.5 Å². The molecule has 2 aromatic rings. The summed E-state index contributed by atoms with van der Waals surface area (Å²) in [6, 6.07) is 10.3. The highest BCUT2D eigenvalue weighted by molar-refractivity contribution is 14.0. The highest BCUT2D eigenvalue weighted by Gasteiger charge is 2.04. The third-order valence-electron chi connectivity index (χ3n) is 3.94. The third kappa shape index (κ3) is 9.23. The lowest BCUT2D eigenvalue weighted by atomic mass is 10.1. The Morgan fingerprint density at radius 3 is 2.63 bits per heavy atom. The number of guanidine groups is 1. The average molecular weight is 485 g/mol. The average Bonchev–Trinajstić information content (AvgIpc) is 3.16. The molecule has 150 valence electrons. The molecule has 0 unspecified atom stereocenters. The number of halogens is 1. The first-order valence-corrected chi connectivity index (χ1v) is 9.47. The van der Waals surface area contributed by atoms with Crippen LogP contribution in [0.25, 0.3) is 0 Å². The third-order valence-corrected chi connectivity index (χ3v) is 3.94. The Hall–Kier alpha value is -1.61. The van der Waals surface area contributed by atoms with Gasteiger partial charge in [0.2, 0.25) is 0 Å². The van der Waals surface area contributed by atoms with Crippen LogP contribution in [0.3, 0.4) is 0 Å². The van der Waals surface area contributed by atoms with Crippen molar-refractivity contribution in [1.29, 1.82) is 0 Å². The van der Waals surface area contributed by atoms with E-state index in [-0.39, 0.29) is 24.0 Å². The molecule has 0 aliphatic carbocycles. The van der Waals surface area contributed by atoms with E-state index < -0.39 is 0 Å². The smallest absolute Gasteiger partial charge is 0.191 e. The van der Waals surface area contributed by atoms with Crippen molar-refractivity contribution in [2.24, 2.45) is 4.99 Å². The Balaban J connectivity index is 0.00000364. The monoisotopic (exact) mass is 485 g/mol. The number of aliphatic imine (C=N–C) groups is 1. The predicted molar refractivity (Wildman–Crippen MR) is 122 cm³/mol. The van der Waals surface area contributed by atoms with Crippen LogP contribution in [0, 0.1) is 0 Å². The largest absolute Gasteiger partial charge is 0.380 e. The van der Waals surface area contributed by atoms with Gasteiger partial charge in [-0.2, -0.15) is 5.10 Å². The molecule has 1 heterocycles. The van der Waals surface area contributed by atoms with E-state index in [1.165, 1.54) is 11.1 Å². The van der Waals surface area contributed by atoms with Crippen molar-refractivity contribution in [3.63, 3.8) is 0 Å². The van der Waals surface area contributed by atoms with Gasteiger partial charge in [0.05, 0.1) is 19.7 Å². The molecule has 0 saturated heterocycles. The minimum absolute atomic E-state index is 0. The number of benzene rings is 1. The summed E-state index contributed by atoms with van der Waals surface area (Å²) in [6.45, 7) is 8.73. The molecule has 0 aliphatic rings. The van der Waals surface area contributed by atoms with E-state index in [9.17, 15) is 0 Å². The molecule has 2 rings (SSSR count). The van der Waals surface area contributed by atoms with Crippen molar-refractivity contribution in [3.05, 3.63) is 53.9 Å². The van der Waals surface area contributed by atoms with Crippen LogP contribution < -0.4 is 10.6 Å². The molecule has 7 heteroatoms. The molecular formula is C20H32IN5O. The van der Waals surface area contributed by atoms with Crippen molar-refractivity contribution in [1.82, 2.24) is 20.4 Å². The first-order valence-electron chi connectivity index (χ1n) is 9.47. The van der Waals surface area contributed by atoms with E-state index in [1.54, 1.807) is 6.20 Å². The van der Waals surface area contributed by atoms with Crippen molar-refractivity contribution < 1.29 is 4.74 Å². The minimum Gasteiger partial charge on any atom is -0.380 e. The quantitative estimate of drug-likeness (QED) is 0.222. The summed E-state index contributed by atoms with van der Waals surface area (Å²) < 4.78 is 7.52. The zero-order valence-electron chi connectivity index (χ0n) is 16.4. The van der Waals surface area contributed by atoms with Gasteiger partial charge in [-0.1, -0.05) is 37.6 Å². The zero-order valence-corrected chi connectivity index (χ0v) is 18.7. The zero-order chi connectivity index (χ0) is 18.5. The maximum atomic E-state index is 5.59. The summed E-state index contributed by atoms with van der Waals surface area (Å²) >= 11 is 0. The number of nitrogens with one attached hydrogen (secondary N) is 2. The van der Waals surface area contributed by atoms with Gasteiger partial charge in [0.15, 0.2) is 5.96 Å². The van der Waals surface area contributed by atoms with E-state index >= 15 is 0 Å². The van der Waals surface area contributed by atoms with Gasteiger partial charge < -0.3 is 15.4 Å². The molecule has 0 saturated carbocycles. The SMILES string of the molecule is CCCCOCCNC(=NCc1ccccc1Cn1cccn1)NCC.I. The number of aromatic nitrogens is 2. The van der Waals surface area contributed by atoms with Crippen LogP contribution in [0.4, 0.5) is 0 Å². The van der Waals surface area contributed by atoms with Crippen LogP contribution in [0.5, 0.6) is 0 Å². The van der Waals surface area contributed by atoms with E-state index in [2.05, 4.69) is 53.8 Å². The molecule has 1 aromatic heterocycles. The highest BCUT2D eigenvalue weighted by Crippen LogP contribution is 2.11. The molecule has 0 bridgehead atoms. The number of hydrogen-bond donors (Lipinski definition) is 2. The van der Waals surface area contributed by atoms with Crippen LogP contribution in [0.1, 0.15) is 37.8 Å². The van der Waals surface area contributed by atoms with Gasteiger partial charge in [0, 0.05) is 32.1 Å². The second-order valence-electron chi connectivity index (χ2n) is 6.06. The second-order valence-corrected chi connectivity index (χ2v) is 6.06. The molecule has 27 heavy (non-hydrogen) atoms. The molecule has 0 fully saturated rings. The van der Waals surface area contributed by atoms with E-state index in [0.717, 1.165) is 45.0 Å². The van der Waals surface area contributed by atoms with Crippen LogP contribution >= 0.6 is 24.0 Å². The first-order chi connectivity index (χ1) is 12.8. The molecule has 2 N–H and O–H groups in total. The number of unbranched alkanes of at least 4 members (excludes halogenated alkanes) is 1. The second kappa shape index (κ2) is 14.4. The summed E-state index contributed by atoms with van der Waals surface area (Å²) in [6.07, 6.45) is 6.05. The van der Waals surface area contributed by atoms with Crippen molar-refractivity contribution in [2.45, 2.75) is 39.8 Å². The van der Waals surface area contributed by atoms with Crippen LogP contribution in [0.2, 0.25) is 0 Å². The van der Waals surface area contributed by atoms with Crippen molar-refractivity contribution in [2.75, 3.05) is 26.3 Å². The lowest BCUT2D eigenvalue weighted by Gasteiger charge is -2.13. The van der Waals surface area contributed by atoms with E-state index in [1.807, 2.05) is 16.9 Å². The first kappa shape index (κ1) is 23.4. The molecule has 0 spiro atoms. The number of nitrogens with zero attached hydrogens (tertiary/aromatic N) is 3. The summed E-state index contributed by atoms with van der Waals surface area (Å²) in [5.74, 6) is 0.820. The molecule has 6 nitrogen and oxygen atoms in total. The van der Waals surface area contributed by atoms with Crippen LogP contribution in [0.15, 0.2) is 47.7 Å². The Morgan fingerprint density at radius 2 is 1.93 bits per heavy atom. The van der Waals surface area contributed by atoms with Gasteiger partial charge in [-0.25, -0.2) is 4.99 Å². The summed E-state index contributed by atoms with van der Waals surface area (Å²) in [5, 5.41) is 10.9. The van der Waals surface area contributed by atoms with Crippen LogP contribution in [-0.2, 0) is 17.8 Å². The van der Waals surface area contributed by atoms with Gasteiger partial charge in [0.1, 0.15) is 0 Å². The fourth-order valence-corrected chi connectivity index (χ4v) is 2.53. The predicted octanol–water partition coefficient (Wildman–Crippen LogP) is 3.42. The topological polar surface area (TPSA) is 63.5 Å². The van der Waals surface area contributed by atoms with Crippen molar-refractivity contribution >= 4 is 29.9 Å². The fourth-order valence-electron chi connectivity index (χ4n) is 2.53. The number of ether oxygens (including phenoxy) is 1. The number of rotatable bonds is 11. The summed E-state index contributed by atoms with van der Waals surface area (Å²) in [4.78, 5) is 4.72. The Bertz CT molecular complexity index is 646. The normalized spacial score (nSPS) is 11.1. The maximum Gasteiger partial charge on any atom is 0.191 e. The van der Waals surface area contributed by atoms with Gasteiger partial charge in [-0.3, -0.25) is 4.68 Å². The van der Waals surface area contributed by atoms with Gasteiger partial charge in [-0.15, -0.1) is 24.0 Å². The number of hydrogen-bond acceptors (Lipinski definition) is 3. The van der Waals surface area contributed by atoms with E-state index in [0.29, 0.717) is 13.2 Å². The Kier molecular flexibility index (Phi) is 12.5. The lowest BCUT2D eigenvalue weighted by Crippen LogP contribution is -2.39. The van der Waals surface area contributed by atoms with E-state index in [4.69, 9.17) is 9.73 Å². The molecule has 0 aliphatic heterocycles. The lowest BCUT2D eigenvalue weighted by molar-refractivity contribution is 0.136. The molecule has 1 aromatic carbocycles. The summed E-state index contributed by atoms with van der Waals surface area (Å²) in [5.41, 5.74) is 2.44. The van der Waals surface area contributed by atoms with Crippen LogP contribution in [-0.4, -0.2) is 42.0 Å². The summed E-state index contributed by atoms with van der Waals surface area (Å²) in [7, 11) is 0. The van der Waals surface area contributed by atoms with Gasteiger partial charge >= 0.3 is 0 Å². The molecule has 0 atom stereocenters. The maximum absolute atomic E-state index is 5.59. The standard InChI is InChI=1S/C20H31N5O.HI/c1-3-5-14-26-15-12-22-20(21-4-2)23-16-18-9-6-7-10-19(18)17-25-13-8-11-24-25;/h6-11,13H,3-5,12,14-17H2,1-2H3,(H2,21,22,23);1H. The minimum atomic E-state index is 0.